The number of pyridine rings is 1. The van der Waals surface area contributed by atoms with Crippen LogP contribution in [0.4, 0.5) is 0 Å². The Hall–Kier alpha value is -1.37. The molecule has 2 heterocycles. The highest BCUT2D eigenvalue weighted by Crippen LogP contribution is 2.06. The van der Waals surface area contributed by atoms with Crippen molar-refractivity contribution in [2.75, 3.05) is 53.9 Å². The van der Waals surface area contributed by atoms with E-state index in [1.165, 1.54) is 0 Å². The van der Waals surface area contributed by atoms with Crippen molar-refractivity contribution in [3.05, 3.63) is 29.0 Å². The maximum Gasteiger partial charge on any atom is 0.191 e. The highest BCUT2D eigenvalue weighted by atomic mass is 35.5. The number of halogens is 1. The third kappa shape index (κ3) is 5.97. The summed E-state index contributed by atoms with van der Waals surface area (Å²) in [6.07, 6.45) is 2.70. The van der Waals surface area contributed by atoms with E-state index in [-0.39, 0.29) is 0 Å². The highest BCUT2D eigenvalue weighted by Gasteiger charge is 2.21. The van der Waals surface area contributed by atoms with Crippen molar-refractivity contribution in [3.63, 3.8) is 0 Å². The Morgan fingerprint density at radius 3 is 2.87 bits per heavy atom. The number of hydrogen-bond donors (Lipinski definition) is 2. The zero-order chi connectivity index (χ0) is 16.7. The summed E-state index contributed by atoms with van der Waals surface area (Å²) in [5, 5.41) is 7.29. The molecular weight excluding hydrogens is 312 g/mol. The number of nitrogens with one attached hydrogen (secondary N) is 2. The second kappa shape index (κ2) is 9.05. The van der Waals surface area contributed by atoms with Gasteiger partial charge < -0.3 is 15.5 Å². The monoisotopic (exact) mass is 338 g/mol. The molecular formula is C16H27ClN6. The lowest BCUT2D eigenvalue weighted by atomic mass is 10.2. The Morgan fingerprint density at radius 2 is 2.17 bits per heavy atom. The van der Waals surface area contributed by atoms with Gasteiger partial charge in [0.2, 0.25) is 0 Å². The predicted molar refractivity (Wildman–Crippen MR) is 96.2 cm³/mol. The fourth-order valence-electron chi connectivity index (χ4n) is 2.64. The second-order valence-electron chi connectivity index (χ2n) is 6.02. The average Bonchev–Trinajstić information content (AvgIpc) is 2.55. The first-order valence-electron chi connectivity index (χ1n) is 8.02. The molecule has 128 valence electrons. The van der Waals surface area contributed by atoms with Gasteiger partial charge in [0.15, 0.2) is 5.96 Å². The van der Waals surface area contributed by atoms with Crippen molar-refractivity contribution >= 4 is 17.6 Å². The van der Waals surface area contributed by atoms with Crippen LogP contribution in [0.3, 0.4) is 0 Å². The highest BCUT2D eigenvalue weighted by molar-refractivity contribution is 6.29. The molecule has 0 bridgehead atoms. The van der Waals surface area contributed by atoms with Crippen LogP contribution >= 0.6 is 11.6 Å². The van der Waals surface area contributed by atoms with E-state index in [2.05, 4.69) is 44.5 Å². The zero-order valence-corrected chi connectivity index (χ0v) is 15.0. The Labute approximate surface area is 143 Å². The number of likely N-dealkylation sites (N-methyl/N-ethyl adjacent to an activating group) is 2. The van der Waals surface area contributed by atoms with Gasteiger partial charge in [-0.05, 0) is 32.1 Å². The molecule has 0 radical (unpaired) electrons. The molecule has 0 spiro atoms. The minimum absolute atomic E-state index is 0.507. The zero-order valence-electron chi connectivity index (χ0n) is 14.2. The molecule has 1 unspecified atom stereocenters. The molecule has 1 fully saturated rings. The topological polar surface area (TPSA) is 55.8 Å². The Kier molecular flexibility index (Phi) is 7.08. The van der Waals surface area contributed by atoms with E-state index in [4.69, 9.17) is 11.6 Å². The van der Waals surface area contributed by atoms with Crippen LogP contribution in [0.25, 0.3) is 0 Å². The van der Waals surface area contributed by atoms with Crippen LogP contribution in [0.5, 0.6) is 0 Å². The van der Waals surface area contributed by atoms with Gasteiger partial charge in [0.1, 0.15) is 5.15 Å². The molecule has 0 aliphatic carbocycles. The van der Waals surface area contributed by atoms with Gasteiger partial charge in [-0.25, -0.2) is 4.98 Å². The van der Waals surface area contributed by atoms with Gasteiger partial charge in [-0.3, -0.25) is 9.89 Å². The van der Waals surface area contributed by atoms with Crippen LogP contribution < -0.4 is 10.6 Å². The van der Waals surface area contributed by atoms with E-state index in [1.807, 2.05) is 18.3 Å². The van der Waals surface area contributed by atoms with E-state index in [9.17, 15) is 0 Å². The van der Waals surface area contributed by atoms with Crippen LogP contribution in [0.1, 0.15) is 5.56 Å². The second-order valence-corrected chi connectivity index (χ2v) is 6.40. The number of rotatable bonds is 5. The van der Waals surface area contributed by atoms with E-state index < -0.39 is 0 Å². The number of aliphatic imine (C=N–C) groups is 1. The Morgan fingerprint density at radius 1 is 1.35 bits per heavy atom. The van der Waals surface area contributed by atoms with Gasteiger partial charge in [-0.1, -0.05) is 17.7 Å². The SMILES string of the molecule is CN=C(NCCc1ccc(Cl)nc1)NCC1CN(C)CCN1C. The summed E-state index contributed by atoms with van der Waals surface area (Å²) in [5.74, 6) is 0.841. The normalized spacial score (nSPS) is 20.5. The lowest BCUT2D eigenvalue weighted by Gasteiger charge is -2.37. The average molecular weight is 339 g/mol. The van der Waals surface area contributed by atoms with Gasteiger partial charge in [-0.15, -0.1) is 0 Å². The van der Waals surface area contributed by atoms with E-state index in [0.717, 1.165) is 50.7 Å². The van der Waals surface area contributed by atoms with Crippen molar-refractivity contribution in [2.24, 2.45) is 4.99 Å². The molecule has 0 amide bonds. The summed E-state index contributed by atoms with van der Waals surface area (Å²) in [7, 11) is 6.16. The van der Waals surface area contributed by atoms with E-state index >= 15 is 0 Å². The first-order valence-corrected chi connectivity index (χ1v) is 8.40. The number of nitrogens with zero attached hydrogens (tertiary/aromatic N) is 4. The molecule has 6 nitrogen and oxygen atoms in total. The summed E-state index contributed by atoms with van der Waals surface area (Å²) in [4.78, 5) is 13.2. The first kappa shape index (κ1) is 18.0. The molecule has 7 heteroatoms. The van der Waals surface area contributed by atoms with Gasteiger partial charge in [-0.2, -0.15) is 0 Å². The number of aromatic nitrogens is 1. The molecule has 1 aromatic rings. The smallest absolute Gasteiger partial charge is 0.191 e. The fraction of sp³-hybridized carbons (Fsp3) is 0.625. The summed E-state index contributed by atoms with van der Waals surface area (Å²) in [6, 6.07) is 4.33. The summed E-state index contributed by atoms with van der Waals surface area (Å²) in [6.45, 7) is 5.02. The fourth-order valence-corrected chi connectivity index (χ4v) is 2.75. The third-order valence-electron chi connectivity index (χ3n) is 4.20. The summed E-state index contributed by atoms with van der Waals surface area (Å²) in [5.41, 5.74) is 1.16. The van der Waals surface area contributed by atoms with Gasteiger partial charge in [0.25, 0.3) is 0 Å². The molecule has 2 N–H and O–H groups in total. The molecule has 0 saturated carbocycles. The maximum atomic E-state index is 5.79. The molecule has 23 heavy (non-hydrogen) atoms. The van der Waals surface area contributed by atoms with Crippen LogP contribution in [-0.4, -0.2) is 80.7 Å². The van der Waals surface area contributed by atoms with Crippen molar-refractivity contribution in [1.29, 1.82) is 0 Å². The number of guanidine groups is 1. The van der Waals surface area contributed by atoms with Gasteiger partial charge in [0.05, 0.1) is 0 Å². The third-order valence-corrected chi connectivity index (χ3v) is 4.43. The van der Waals surface area contributed by atoms with Crippen molar-refractivity contribution < 1.29 is 0 Å². The maximum absolute atomic E-state index is 5.79. The van der Waals surface area contributed by atoms with E-state index in [1.54, 1.807) is 7.05 Å². The van der Waals surface area contributed by atoms with Gasteiger partial charge in [0, 0.05) is 52.0 Å². The predicted octanol–water partition coefficient (Wildman–Crippen LogP) is 0.688. The van der Waals surface area contributed by atoms with Crippen LogP contribution in [0.2, 0.25) is 5.15 Å². The quantitative estimate of drug-likeness (QED) is 0.470. The largest absolute Gasteiger partial charge is 0.356 e. The van der Waals surface area contributed by atoms with Crippen molar-refractivity contribution in [2.45, 2.75) is 12.5 Å². The van der Waals surface area contributed by atoms with Crippen LogP contribution in [-0.2, 0) is 6.42 Å². The molecule has 1 aliphatic heterocycles. The van der Waals surface area contributed by atoms with Crippen molar-refractivity contribution in [3.8, 4) is 0 Å². The summed E-state index contributed by atoms with van der Waals surface area (Å²) < 4.78 is 0. The lowest BCUT2D eigenvalue weighted by Crippen LogP contribution is -2.55. The number of hydrogen-bond acceptors (Lipinski definition) is 4. The number of piperazine rings is 1. The first-order chi connectivity index (χ1) is 11.1. The molecule has 2 rings (SSSR count). The molecule has 0 aromatic carbocycles. The standard InChI is InChI=1S/C16H27ClN6/c1-18-16(19-7-6-13-4-5-15(17)20-10-13)21-11-14-12-22(2)8-9-23(14)3/h4-5,10,14H,6-9,11-12H2,1-3H3,(H2,18,19,21). The Balaban J connectivity index is 1.71. The van der Waals surface area contributed by atoms with Crippen LogP contribution in [0, 0.1) is 0 Å². The van der Waals surface area contributed by atoms with Crippen molar-refractivity contribution in [1.82, 2.24) is 25.4 Å². The summed E-state index contributed by atoms with van der Waals surface area (Å²) >= 11 is 5.79. The molecule has 1 aromatic heterocycles. The molecule has 1 saturated heterocycles. The lowest BCUT2D eigenvalue weighted by molar-refractivity contribution is 0.116. The minimum atomic E-state index is 0.507. The van der Waals surface area contributed by atoms with Crippen LogP contribution in [0.15, 0.2) is 23.3 Å². The molecule has 1 aliphatic rings. The Bertz CT molecular complexity index is 504. The minimum Gasteiger partial charge on any atom is -0.356 e. The molecule has 1 atom stereocenters. The van der Waals surface area contributed by atoms with Gasteiger partial charge >= 0.3 is 0 Å². The van der Waals surface area contributed by atoms with E-state index in [0.29, 0.717) is 11.2 Å².